The van der Waals surface area contributed by atoms with Crippen LogP contribution in [0.1, 0.15) is 76.1 Å². The van der Waals surface area contributed by atoms with E-state index in [4.69, 9.17) is 15.0 Å². The van der Waals surface area contributed by atoms with Gasteiger partial charge in [0.1, 0.15) is 24.4 Å². The SMILES string of the molecule is CC(C)[C@@H](C(=O)OC(C)(C)C)N(Cc1ccc(-c2ccccc2-c2nnn(C(c3ccccc3)(c3ccccc3)c3ccccc3)n2)cc1)C(=O)CCCC(CO[N+](=O)[O-])O[N+](=O)[O-]. The van der Waals surface area contributed by atoms with Crippen LogP contribution in [-0.2, 0) is 36.1 Å². The zero-order chi connectivity index (χ0) is 45.9. The third-order valence-electron chi connectivity index (χ3n) is 10.5. The molecule has 2 atom stereocenters. The van der Waals surface area contributed by atoms with Crippen molar-refractivity contribution in [3.8, 4) is 22.5 Å². The fraction of sp³-hybridized carbons (Fsp3) is 0.312. The second-order valence-corrected chi connectivity index (χ2v) is 16.6. The number of carbonyl (C=O) groups excluding carboxylic acids is 2. The summed E-state index contributed by atoms with van der Waals surface area (Å²) in [4.78, 5) is 61.5. The lowest BCUT2D eigenvalue weighted by atomic mass is 9.77. The number of rotatable bonds is 20. The Bertz CT molecular complexity index is 2400. The van der Waals surface area contributed by atoms with Crippen LogP contribution in [0.2, 0.25) is 0 Å². The molecule has 1 amide bonds. The Morgan fingerprint density at radius 3 is 1.77 bits per heavy atom. The van der Waals surface area contributed by atoms with Crippen molar-refractivity contribution in [3.63, 3.8) is 0 Å². The molecule has 0 fully saturated rings. The van der Waals surface area contributed by atoms with Crippen molar-refractivity contribution in [1.29, 1.82) is 0 Å². The highest BCUT2D eigenvalue weighted by Crippen LogP contribution is 2.40. The van der Waals surface area contributed by atoms with Gasteiger partial charge in [0, 0.05) is 18.5 Å². The van der Waals surface area contributed by atoms with Gasteiger partial charge in [-0.2, -0.15) is 0 Å². The van der Waals surface area contributed by atoms with E-state index in [1.807, 2.05) is 117 Å². The summed E-state index contributed by atoms with van der Waals surface area (Å²) in [5, 5.41) is 34.1. The first-order valence-electron chi connectivity index (χ1n) is 20.9. The maximum atomic E-state index is 14.0. The van der Waals surface area contributed by atoms with E-state index < -0.39 is 51.9 Å². The van der Waals surface area contributed by atoms with Gasteiger partial charge in [-0.1, -0.05) is 153 Å². The van der Waals surface area contributed by atoms with Crippen molar-refractivity contribution in [2.75, 3.05) is 6.61 Å². The third kappa shape index (κ3) is 11.1. The fourth-order valence-electron chi connectivity index (χ4n) is 7.78. The Kier molecular flexibility index (Phi) is 14.8. The highest BCUT2D eigenvalue weighted by atomic mass is 17.0. The third-order valence-corrected chi connectivity index (χ3v) is 10.5. The number of benzene rings is 5. The van der Waals surface area contributed by atoms with Gasteiger partial charge in [-0.05, 0) is 78.1 Å². The lowest BCUT2D eigenvalue weighted by molar-refractivity contribution is -0.790. The van der Waals surface area contributed by atoms with E-state index in [1.54, 1.807) is 25.6 Å². The van der Waals surface area contributed by atoms with Crippen molar-refractivity contribution < 1.29 is 34.2 Å². The van der Waals surface area contributed by atoms with Crippen LogP contribution in [0.4, 0.5) is 0 Å². The summed E-state index contributed by atoms with van der Waals surface area (Å²) in [7, 11) is 0. The minimum Gasteiger partial charge on any atom is -0.458 e. The van der Waals surface area contributed by atoms with Crippen LogP contribution in [0.15, 0.2) is 140 Å². The first-order valence-corrected chi connectivity index (χ1v) is 20.9. The Morgan fingerprint density at radius 1 is 0.734 bits per heavy atom. The molecular formula is C48H51N7O9. The molecule has 5 aromatic carbocycles. The quantitative estimate of drug-likeness (QED) is 0.0308. The van der Waals surface area contributed by atoms with Crippen molar-refractivity contribution in [1.82, 2.24) is 25.1 Å². The summed E-state index contributed by atoms with van der Waals surface area (Å²) in [6.07, 6.45) is -1.44. The van der Waals surface area contributed by atoms with Gasteiger partial charge in [0.25, 0.3) is 10.2 Å². The molecule has 1 heterocycles. The molecule has 0 aliphatic carbocycles. The Balaban J connectivity index is 1.31. The second-order valence-electron chi connectivity index (χ2n) is 16.6. The molecule has 64 heavy (non-hydrogen) atoms. The van der Waals surface area contributed by atoms with Crippen molar-refractivity contribution in [2.45, 2.75) is 83.7 Å². The van der Waals surface area contributed by atoms with Gasteiger partial charge in [-0.15, -0.1) is 35.2 Å². The number of hydrogen-bond acceptors (Lipinski definition) is 12. The average molecular weight is 870 g/mol. The number of amides is 1. The number of nitrogens with zero attached hydrogens (tertiary/aromatic N) is 7. The lowest BCUT2D eigenvalue weighted by Gasteiger charge is -2.35. The predicted molar refractivity (Wildman–Crippen MR) is 237 cm³/mol. The van der Waals surface area contributed by atoms with Gasteiger partial charge in [-0.25, -0.2) is 4.79 Å². The normalized spacial score (nSPS) is 12.5. The number of esters is 1. The molecule has 0 aliphatic heterocycles. The van der Waals surface area contributed by atoms with Crippen molar-refractivity contribution in [2.24, 2.45) is 5.92 Å². The summed E-state index contributed by atoms with van der Waals surface area (Å²) >= 11 is 0. The van der Waals surface area contributed by atoms with Crippen LogP contribution in [0.25, 0.3) is 22.5 Å². The fourth-order valence-corrected chi connectivity index (χ4v) is 7.78. The minimum absolute atomic E-state index is 0.0402. The highest BCUT2D eigenvalue weighted by molar-refractivity contribution is 5.85. The van der Waals surface area contributed by atoms with Gasteiger partial charge >= 0.3 is 5.97 Å². The maximum absolute atomic E-state index is 14.0. The maximum Gasteiger partial charge on any atom is 0.329 e. The molecule has 6 rings (SSSR count). The molecule has 0 saturated carbocycles. The van der Waals surface area contributed by atoms with Crippen molar-refractivity contribution >= 4 is 11.9 Å². The second kappa shape index (κ2) is 20.6. The van der Waals surface area contributed by atoms with Gasteiger partial charge in [0.15, 0.2) is 5.54 Å². The van der Waals surface area contributed by atoms with Gasteiger partial charge in [-0.3, -0.25) is 4.79 Å². The molecule has 0 spiro atoms. The number of ether oxygens (including phenoxy) is 1. The molecule has 6 aromatic rings. The number of aromatic nitrogens is 4. The molecule has 0 saturated heterocycles. The van der Waals surface area contributed by atoms with E-state index in [1.165, 1.54) is 4.90 Å². The van der Waals surface area contributed by atoms with E-state index in [-0.39, 0.29) is 31.7 Å². The Hall–Kier alpha value is -7.49. The van der Waals surface area contributed by atoms with Crippen LogP contribution >= 0.6 is 0 Å². The summed E-state index contributed by atoms with van der Waals surface area (Å²) in [5.74, 6) is -0.932. The van der Waals surface area contributed by atoms with E-state index in [2.05, 4.69) is 51.2 Å². The average Bonchev–Trinajstić information content (AvgIpc) is 3.76. The van der Waals surface area contributed by atoms with Crippen LogP contribution < -0.4 is 0 Å². The predicted octanol–water partition coefficient (Wildman–Crippen LogP) is 8.50. The van der Waals surface area contributed by atoms with Gasteiger partial charge < -0.3 is 19.3 Å². The van der Waals surface area contributed by atoms with E-state index in [0.717, 1.165) is 38.9 Å². The summed E-state index contributed by atoms with van der Waals surface area (Å²) in [6, 6.07) is 44.7. The molecule has 332 valence electrons. The van der Waals surface area contributed by atoms with Gasteiger partial charge in [0.2, 0.25) is 11.7 Å². The van der Waals surface area contributed by atoms with E-state index in [0.29, 0.717) is 5.82 Å². The molecule has 16 nitrogen and oxygen atoms in total. The molecular weight excluding hydrogens is 819 g/mol. The monoisotopic (exact) mass is 869 g/mol. The topological polar surface area (TPSA) is 195 Å². The number of carbonyl (C=O) groups is 2. The van der Waals surface area contributed by atoms with Crippen LogP contribution in [-0.4, -0.2) is 71.5 Å². The lowest BCUT2D eigenvalue weighted by Crippen LogP contribution is -2.49. The van der Waals surface area contributed by atoms with Crippen LogP contribution in [0.5, 0.6) is 0 Å². The first kappa shape index (κ1) is 46.0. The summed E-state index contributed by atoms with van der Waals surface area (Å²) in [5.41, 5.74) is 4.22. The Labute approximate surface area is 371 Å². The zero-order valence-electron chi connectivity index (χ0n) is 36.4. The van der Waals surface area contributed by atoms with E-state index >= 15 is 0 Å². The van der Waals surface area contributed by atoms with E-state index in [9.17, 15) is 29.8 Å². The molecule has 0 N–H and O–H groups in total. The largest absolute Gasteiger partial charge is 0.458 e. The minimum atomic E-state index is -1.28. The molecule has 0 bridgehead atoms. The molecule has 0 radical (unpaired) electrons. The van der Waals surface area contributed by atoms with Crippen molar-refractivity contribution in [3.05, 3.63) is 182 Å². The van der Waals surface area contributed by atoms with Crippen LogP contribution in [0, 0.1) is 26.1 Å². The molecule has 1 unspecified atom stereocenters. The van der Waals surface area contributed by atoms with Gasteiger partial charge in [0.05, 0.1) is 0 Å². The molecule has 16 heteroatoms. The Morgan fingerprint density at radius 2 is 1.27 bits per heavy atom. The number of hydrogen-bond donors (Lipinski definition) is 0. The summed E-state index contributed by atoms with van der Waals surface area (Å²) < 4.78 is 5.77. The first-order chi connectivity index (χ1) is 30.7. The zero-order valence-corrected chi connectivity index (χ0v) is 36.4. The standard InChI is InChI=1S/C48H51N7O9/c1-34(2)44(46(57)63-47(3,4)5)52(43(56)27-17-24-40(64-55(60)61)33-62-54(58)59)32-35-28-30-36(31-29-35)41-25-15-16-26-42(41)45-49-51-53(50-45)48(37-18-9-6-10-19-37,38-20-11-7-12-21-38)39-22-13-8-14-23-39/h6-16,18-23,25-26,28-31,34,40,44H,17,24,27,32-33H2,1-5H3/t40?,44-/m0/s1. The molecule has 1 aromatic heterocycles. The smallest absolute Gasteiger partial charge is 0.329 e. The molecule has 0 aliphatic rings. The highest BCUT2D eigenvalue weighted by Gasteiger charge is 2.41. The van der Waals surface area contributed by atoms with Crippen LogP contribution in [0.3, 0.4) is 0 Å². The number of tetrazole rings is 1. The summed E-state index contributed by atoms with van der Waals surface area (Å²) in [6.45, 7) is 8.23.